The first-order chi connectivity index (χ1) is 31.8. The van der Waals surface area contributed by atoms with Crippen LogP contribution in [0.15, 0.2) is 148 Å². The number of rotatable bonds is 7. The first-order valence-corrected chi connectivity index (χ1v) is 20.9. The van der Waals surface area contributed by atoms with Crippen LogP contribution in [0.4, 0.5) is 0 Å². The van der Waals surface area contributed by atoms with Crippen molar-refractivity contribution in [2.75, 3.05) is 0 Å². The van der Waals surface area contributed by atoms with E-state index in [2.05, 4.69) is 113 Å². The molecule has 0 bridgehead atoms. The van der Waals surface area contributed by atoms with Gasteiger partial charge in [0, 0.05) is 38.4 Å². The van der Waals surface area contributed by atoms with E-state index in [1.54, 1.807) is 0 Å². The molecule has 2 N–H and O–H groups in total. The molecule has 0 saturated carbocycles. The number of aliphatic imine (C=N–C) groups is 2. The Kier molecular flexibility index (Phi) is 11.0. The number of furan rings is 1. The highest BCUT2D eigenvalue weighted by atomic mass is 16.3. The fourth-order valence-corrected chi connectivity index (χ4v) is 8.81. The molecule has 0 aliphatic carbocycles. The van der Waals surface area contributed by atoms with Gasteiger partial charge in [0.15, 0.2) is 5.84 Å². The maximum absolute atomic E-state index is 6.61. The Hall–Kier alpha value is -6.85. The van der Waals surface area contributed by atoms with Gasteiger partial charge in [-0.2, -0.15) is 0 Å². The largest absolute Gasteiger partial charge is 0.456 e. The van der Waals surface area contributed by atoms with Crippen LogP contribution in [0.25, 0.3) is 71.7 Å². The number of fused-ring (bicyclic) bond motifs is 6. The third-order valence-corrected chi connectivity index (χ3v) is 12.3. The van der Waals surface area contributed by atoms with Crippen molar-refractivity contribution in [3.8, 4) is 27.9 Å². The summed E-state index contributed by atoms with van der Waals surface area (Å²) in [6, 6.07) is 46.0. The minimum absolute atomic E-state index is 0.00564. The molecule has 15 heteroatoms. The number of nitrogens with zero attached hydrogens (tertiary/aromatic N) is 3. The second kappa shape index (κ2) is 16.9. The van der Waals surface area contributed by atoms with Crippen molar-refractivity contribution < 1.29 is 4.42 Å². The van der Waals surface area contributed by atoms with Crippen LogP contribution in [0.3, 0.4) is 0 Å². The minimum atomic E-state index is -0.201. The van der Waals surface area contributed by atoms with Gasteiger partial charge in [-0.1, -0.05) is 101 Å². The number of hydrogen-bond acceptors (Lipinski definition) is 2. The van der Waals surface area contributed by atoms with Gasteiger partial charge in [-0.05, 0) is 82.4 Å². The van der Waals surface area contributed by atoms with E-state index >= 15 is 0 Å². The fraction of sp³-hybridized carbons (Fsp3) is 0.0196. The Morgan fingerprint density at radius 2 is 0.985 bits per heavy atom. The van der Waals surface area contributed by atoms with Crippen molar-refractivity contribution in [2.24, 2.45) is 15.7 Å². The van der Waals surface area contributed by atoms with Crippen LogP contribution < -0.4 is 60.4 Å². The predicted molar refractivity (Wildman–Crippen MR) is 287 cm³/mol. The Morgan fingerprint density at radius 3 is 1.65 bits per heavy atom. The van der Waals surface area contributed by atoms with E-state index in [1.807, 2.05) is 30.3 Å². The highest BCUT2D eigenvalue weighted by Crippen LogP contribution is 2.38. The van der Waals surface area contributed by atoms with Crippen LogP contribution in [0.1, 0.15) is 16.7 Å². The molecule has 20 radical (unpaired) electrons. The topological polar surface area (TPSA) is 68.8 Å². The summed E-state index contributed by atoms with van der Waals surface area (Å²) in [6.45, 7) is 0.0427. The van der Waals surface area contributed by atoms with Gasteiger partial charge in [-0.15, -0.1) is 32.8 Å². The van der Waals surface area contributed by atoms with Crippen LogP contribution in [0.2, 0.25) is 0 Å². The number of aromatic nitrogens is 1. The van der Waals surface area contributed by atoms with Gasteiger partial charge < -0.3 is 14.7 Å². The number of hydrogen-bond donors (Lipinski definition) is 1. The van der Waals surface area contributed by atoms with Crippen molar-refractivity contribution in [1.82, 2.24) is 4.57 Å². The average Bonchev–Trinajstić information content (AvgIpc) is 3.89. The van der Waals surface area contributed by atoms with E-state index < -0.39 is 0 Å². The zero-order valence-electron chi connectivity index (χ0n) is 35.5. The molecule has 0 atom stereocenters. The van der Waals surface area contributed by atoms with Gasteiger partial charge in [-0.25, -0.2) is 4.99 Å². The molecular weight excluding hydrogens is 793 g/mol. The number of benzene rings is 8. The summed E-state index contributed by atoms with van der Waals surface area (Å²) in [5.74, 6) is -0.244. The normalized spacial score (nSPS) is 12.2. The summed E-state index contributed by atoms with van der Waals surface area (Å²) in [7, 11) is 63.0. The molecule has 0 aliphatic rings. The zero-order chi connectivity index (χ0) is 46.1. The molecule has 2 aromatic heterocycles. The first kappa shape index (κ1) is 43.1. The number of para-hydroxylation sites is 2. The molecule has 0 saturated heterocycles. The van der Waals surface area contributed by atoms with Gasteiger partial charge in [0.2, 0.25) is 0 Å². The third kappa shape index (κ3) is 7.11. The molecule has 2 heterocycles. The second-order valence-electron chi connectivity index (χ2n) is 16.1. The van der Waals surface area contributed by atoms with Crippen molar-refractivity contribution >= 4 is 189 Å². The van der Waals surface area contributed by atoms with E-state index in [0.717, 1.165) is 55.3 Å². The lowest BCUT2D eigenvalue weighted by Gasteiger charge is -2.22. The van der Waals surface area contributed by atoms with Crippen LogP contribution >= 0.6 is 0 Å². The Morgan fingerprint density at radius 1 is 0.455 bits per heavy atom. The highest BCUT2D eigenvalue weighted by molar-refractivity contribution is 6.70. The molecule has 0 spiro atoms. The lowest BCUT2D eigenvalue weighted by Crippen LogP contribution is -2.58. The van der Waals surface area contributed by atoms with Gasteiger partial charge in [0.05, 0.1) is 17.6 Å². The molecule has 0 aliphatic heterocycles. The quantitative estimate of drug-likeness (QED) is 0.143. The van der Waals surface area contributed by atoms with Crippen LogP contribution in [-0.2, 0) is 6.54 Å². The SMILES string of the molecule is [B]c1c([B])c([B])c(C(N)=NC(=NCc2cccc3oc4ccc(-c5cccc(-c6ccc7c(c6)c6ccccc6n7-c6ccccc6)c5)cc4c23)c2c([B])c([B])c([B])c([B])c2[B])c([B])c1[B]. The van der Waals surface area contributed by atoms with Crippen LogP contribution in [0.5, 0.6) is 0 Å². The molecule has 0 amide bonds. The first-order valence-electron chi connectivity index (χ1n) is 20.9. The molecule has 10 rings (SSSR count). The van der Waals surface area contributed by atoms with Gasteiger partial charge in [-0.3, -0.25) is 4.99 Å². The number of nitrogens with two attached hydrogens (primary N) is 1. The molecule has 0 unspecified atom stereocenters. The summed E-state index contributed by atoms with van der Waals surface area (Å²) in [5, 5.41) is 4.09. The zero-order valence-corrected chi connectivity index (χ0v) is 35.5. The van der Waals surface area contributed by atoms with Crippen LogP contribution in [-0.4, -0.2) is 94.7 Å². The average molecular weight is 819 g/mol. The Balaban J connectivity index is 1.07. The van der Waals surface area contributed by atoms with E-state index in [1.165, 1.54) is 10.8 Å². The summed E-state index contributed by atoms with van der Waals surface area (Å²) >= 11 is 0. The summed E-state index contributed by atoms with van der Waals surface area (Å²) in [4.78, 5) is 9.59. The molecule has 286 valence electrons. The molecule has 10 aromatic rings. The van der Waals surface area contributed by atoms with Gasteiger partial charge in [0.1, 0.15) is 95.5 Å². The standard InChI is InChI=1S/C51H26B10N4O/c52-40-38(41(53)45(57)48(60)44(40)56)50(62)64-51(39-42(54)46(58)49(61)47(59)43(39)55)63-23-28-10-7-15-36-37(28)32-22-27(17-19-35(32)66-36)25-9-6-8-24(20-25)26-16-18-34-31(21-26)30-13-4-5-14-33(30)65(34)29-11-2-1-3-12-29/h1-22H,23H2,(H2,62,63,64). The van der Waals surface area contributed by atoms with E-state index in [4.69, 9.17) is 93.6 Å². The lowest BCUT2D eigenvalue weighted by molar-refractivity contribution is 0.668. The molecular formula is C51H26B10N4O. The maximum Gasteiger partial charge on any atom is 0.156 e. The molecule has 66 heavy (non-hydrogen) atoms. The Bertz CT molecular complexity index is 3650. The molecule has 0 fully saturated rings. The summed E-state index contributed by atoms with van der Waals surface area (Å²) in [5.41, 5.74) is 16.5. The predicted octanol–water partition coefficient (Wildman–Crippen LogP) is 0.307. The van der Waals surface area contributed by atoms with Crippen molar-refractivity contribution in [3.63, 3.8) is 0 Å². The monoisotopic (exact) mass is 820 g/mol. The lowest BCUT2D eigenvalue weighted by atomic mass is 9.60. The van der Waals surface area contributed by atoms with Gasteiger partial charge >= 0.3 is 0 Å². The van der Waals surface area contributed by atoms with Gasteiger partial charge in [0.25, 0.3) is 0 Å². The summed E-state index contributed by atoms with van der Waals surface area (Å²) in [6.07, 6.45) is 0. The number of amidine groups is 2. The third-order valence-electron chi connectivity index (χ3n) is 12.3. The molecule has 8 aromatic carbocycles. The van der Waals surface area contributed by atoms with E-state index in [9.17, 15) is 0 Å². The molecule has 5 nitrogen and oxygen atoms in total. The minimum Gasteiger partial charge on any atom is -0.456 e. The van der Waals surface area contributed by atoms with E-state index in [0.29, 0.717) is 11.2 Å². The maximum atomic E-state index is 6.61. The van der Waals surface area contributed by atoms with Crippen LogP contribution in [0, 0.1) is 0 Å². The second-order valence-corrected chi connectivity index (χ2v) is 16.1. The van der Waals surface area contributed by atoms with Crippen molar-refractivity contribution in [1.29, 1.82) is 0 Å². The Labute approximate surface area is 395 Å². The summed E-state index contributed by atoms with van der Waals surface area (Å²) < 4.78 is 8.71. The van der Waals surface area contributed by atoms with Crippen molar-refractivity contribution in [3.05, 3.63) is 150 Å². The fourth-order valence-electron chi connectivity index (χ4n) is 8.81. The van der Waals surface area contributed by atoms with Crippen molar-refractivity contribution in [2.45, 2.75) is 6.54 Å². The van der Waals surface area contributed by atoms with E-state index in [-0.39, 0.29) is 84.0 Å². The smallest absolute Gasteiger partial charge is 0.156 e. The highest BCUT2D eigenvalue weighted by Gasteiger charge is 2.20.